The fourth-order valence-corrected chi connectivity index (χ4v) is 2.02. The SMILES string of the molecule is NNC(Cc1cnccc1N)c1cccc(Cl)c1. The number of hydrogen-bond acceptors (Lipinski definition) is 4. The molecule has 0 saturated carbocycles. The van der Waals surface area contributed by atoms with Crippen molar-refractivity contribution < 1.29 is 0 Å². The lowest BCUT2D eigenvalue weighted by atomic mass is 9.99. The van der Waals surface area contributed by atoms with E-state index < -0.39 is 0 Å². The van der Waals surface area contributed by atoms with Gasteiger partial charge in [0.05, 0.1) is 6.04 Å². The van der Waals surface area contributed by atoms with E-state index in [0.717, 1.165) is 11.1 Å². The smallest absolute Gasteiger partial charge is 0.0502 e. The first kappa shape index (κ1) is 12.8. The van der Waals surface area contributed by atoms with Crippen LogP contribution in [0, 0.1) is 0 Å². The molecule has 2 rings (SSSR count). The van der Waals surface area contributed by atoms with E-state index in [1.165, 1.54) is 0 Å². The van der Waals surface area contributed by atoms with Crippen LogP contribution in [0.2, 0.25) is 5.02 Å². The maximum absolute atomic E-state index is 5.97. The molecule has 0 amide bonds. The van der Waals surface area contributed by atoms with Crippen molar-refractivity contribution in [1.82, 2.24) is 10.4 Å². The van der Waals surface area contributed by atoms with Crippen LogP contribution < -0.4 is 17.0 Å². The minimum atomic E-state index is -0.0461. The lowest BCUT2D eigenvalue weighted by Crippen LogP contribution is -2.29. The number of nitrogen functional groups attached to an aromatic ring is 1. The third kappa shape index (κ3) is 2.98. The van der Waals surface area contributed by atoms with E-state index in [1.54, 1.807) is 18.5 Å². The van der Waals surface area contributed by atoms with Crippen molar-refractivity contribution in [3.8, 4) is 0 Å². The zero-order chi connectivity index (χ0) is 13.0. The Morgan fingerprint density at radius 2 is 2.17 bits per heavy atom. The van der Waals surface area contributed by atoms with Crippen molar-refractivity contribution in [3.05, 3.63) is 58.9 Å². The van der Waals surface area contributed by atoms with Crippen molar-refractivity contribution in [1.29, 1.82) is 0 Å². The molecule has 18 heavy (non-hydrogen) atoms. The van der Waals surface area contributed by atoms with E-state index >= 15 is 0 Å². The Kier molecular flexibility index (Phi) is 4.15. The average Bonchev–Trinajstić information content (AvgIpc) is 2.38. The van der Waals surface area contributed by atoms with Crippen LogP contribution in [0.25, 0.3) is 0 Å². The average molecular weight is 263 g/mol. The Labute approximate surface area is 111 Å². The quantitative estimate of drug-likeness (QED) is 0.582. The molecule has 0 bridgehead atoms. The molecule has 0 aliphatic heterocycles. The molecule has 0 saturated heterocycles. The summed E-state index contributed by atoms with van der Waals surface area (Å²) in [7, 11) is 0. The molecule has 0 spiro atoms. The molecule has 1 heterocycles. The second-order valence-corrected chi connectivity index (χ2v) is 4.49. The van der Waals surface area contributed by atoms with E-state index in [9.17, 15) is 0 Å². The Hall–Kier alpha value is -1.62. The van der Waals surface area contributed by atoms with Crippen molar-refractivity contribution in [2.75, 3.05) is 5.73 Å². The summed E-state index contributed by atoms with van der Waals surface area (Å²) in [6.45, 7) is 0. The van der Waals surface area contributed by atoms with E-state index in [1.807, 2.05) is 24.3 Å². The second-order valence-electron chi connectivity index (χ2n) is 4.05. The molecule has 0 aliphatic rings. The second kappa shape index (κ2) is 5.82. The molecule has 1 unspecified atom stereocenters. The van der Waals surface area contributed by atoms with Crippen LogP contribution in [0.15, 0.2) is 42.7 Å². The first-order valence-corrected chi connectivity index (χ1v) is 5.98. The van der Waals surface area contributed by atoms with Gasteiger partial charge in [0.25, 0.3) is 0 Å². The predicted molar refractivity (Wildman–Crippen MR) is 73.9 cm³/mol. The number of hydrazine groups is 1. The minimum absolute atomic E-state index is 0.0461. The fraction of sp³-hybridized carbons (Fsp3) is 0.154. The number of nitrogens with two attached hydrogens (primary N) is 2. The van der Waals surface area contributed by atoms with Crippen molar-refractivity contribution in [2.45, 2.75) is 12.5 Å². The highest BCUT2D eigenvalue weighted by molar-refractivity contribution is 6.30. The lowest BCUT2D eigenvalue weighted by Gasteiger charge is -2.17. The van der Waals surface area contributed by atoms with E-state index in [0.29, 0.717) is 17.1 Å². The molecule has 1 atom stereocenters. The van der Waals surface area contributed by atoms with Gasteiger partial charge in [-0.3, -0.25) is 16.3 Å². The molecule has 5 N–H and O–H groups in total. The van der Waals surface area contributed by atoms with Crippen LogP contribution in [0.5, 0.6) is 0 Å². The molecule has 5 heteroatoms. The fourth-order valence-electron chi connectivity index (χ4n) is 1.82. The number of rotatable bonds is 4. The number of halogens is 1. The third-order valence-corrected chi connectivity index (χ3v) is 3.05. The Balaban J connectivity index is 2.23. The molecule has 2 aromatic rings. The van der Waals surface area contributed by atoms with E-state index in [-0.39, 0.29) is 6.04 Å². The minimum Gasteiger partial charge on any atom is -0.398 e. The topological polar surface area (TPSA) is 77.0 Å². The van der Waals surface area contributed by atoms with Gasteiger partial charge in [-0.25, -0.2) is 0 Å². The summed E-state index contributed by atoms with van der Waals surface area (Å²) in [5.41, 5.74) is 11.4. The van der Waals surface area contributed by atoms with Gasteiger partial charge in [-0.1, -0.05) is 23.7 Å². The van der Waals surface area contributed by atoms with Crippen LogP contribution in [-0.2, 0) is 6.42 Å². The molecule has 0 radical (unpaired) electrons. The van der Waals surface area contributed by atoms with Gasteiger partial charge in [0.1, 0.15) is 0 Å². The summed E-state index contributed by atoms with van der Waals surface area (Å²) >= 11 is 5.97. The standard InChI is InChI=1S/C13H15ClN4/c14-11-3-1-2-9(6-11)13(18-16)7-10-8-17-5-4-12(10)15/h1-6,8,13,18H,7,16H2,(H2,15,17). The normalized spacial score (nSPS) is 12.3. The van der Waals surface area contributed by atoms with Crippen LogP contribution in [0.1, 0.15) is 17.2 Å². The molecule has 0 aliphatic carbocycles. The number of pyridine rings is 1. The van der Waals surface area contributed by atoms with Crippen LogP contribution in [0.4, 0.5) is 5.69 Å². The number of anilines is 1. The Morgan fingerprint density at radius 3 is 2.83 bits per heavy atom. The first-order chi connectivity index (χ1) is 8.70. The summed E-state index contributed by atoms with van der Waals surface area (Å²) in [4.78, 5) is 4.07. The van der Waals surface area contributed by atoms with E-state index in [2.05, 4.69) is 10.4 Å². The largest absolute Gasteiger partial charge is 0.398 e. The molecule has 94 valence electrons. The van der Waals surface area contributed by atoms with Crippen molar-refractivity contribution >= 4 is 17.3 Å². The maximum Gasteiger partial charge on any atom is 0.0502 e. The number of hydrogen-bond donors (Lipinski definition) is 3. The van der Waals surface area contributed by atoms with Gasteiger partial charge in [-0.05, 0) is 35.7 Å². The van der Waals surface area contributed by atoms with Gasteiger partial charge in [-0.2, -0.15) is 0 Å². The molecular weight excluding hydrogens is 248 g/mol. The van der Waals surface area contributed by atoms with Crippen LogP contribution >= 0.6 is 11.6 Å². The Morgan fingerprint density at radius 1 is 1.33 bits per heavy atom. The van der Waals surface area contributed by atoms with Crippen molar-refractivity contribution in [3.63, 3.8) is 0 Å². The summed E-state index contributed by atoms with van der Waals surface area (Å²) in [6, 6.07) is 9.32. The van der Waals surface area contributed by atoms with Gasteiger partial charge in [-0.15, -0.1) is 0 Å². The third-order valence-electron chi connectivity index (χ3n) is 2.82. The van der Waals surface area contributed by atoms with Crippen LogP contribution in [0.3, 0.4) is 0 Å². The summed E-state index contributed by atoms with van der Waals surface area (Å²) in [5, 5.41) is 0.687. The number of aromatic nitrogens is 1. The number of benzene rings is 1. The summed E-state index contributed by atoms with van der Waals surface area (Å²) in [5.74, 6) is 5.60. The first-order valence-electron chi connectivity index (χ1n) is 5.60. The monoisotopic (exact) mass is 262 g/mol. The highest BCUT2D eigenvalue weighted by Gasteiger charge is 2.12. The van der Waals surface area contributed by atoms with Gasteiger partial charge in [0.15, 0.2) is 0 Å². The molecule has 0 fully saturated rings. The zero-order valence-corrected chi connectivity index (χ0v) is 10.6. The molecule has 1 aromatic carbocycles. The van der Waals surface area contributed by atoms with Crippen molar-refractivity contribution in [2.24, 2.45) is 5.84 Å². The summed E-state index contributed by atoms with van der Waals surface area (Å²) in [6.07, 6.45) is 4.09. The number of nitrogens with one attached hydrogen (secondary N) is 1. The van der Waals surface area contributed by atoms with Gasteiger partial charge < -0.3 is 5.73 Å². The van der Waals surface area contributed by atoms with Gasteiger partial charge >= 0.3 is 0 Å². The Bertz CT molecular complexity index is 530. The van der Waals surface area contributed by atoms with Gasteiger partial charge in [0.2, 0.25) is 0 Å². The lowest BCUT2D eigenvalue weighted by molar-refractivity contribution is 0.552. The summed E-state index contributed by atoms with van der Waals surface area (Å²) < 4.78 is 0. The predicted octanol–water partition coefficient (Wildman–Crippen LogP) is 2.06. The zero-order valence-electron chi connectivity index (χ0n) is 9.81. The molecule has 1 aromatic heterocycles. The highest BCUT2D eigenvalue weighted by atomic mass is 35.5. The maximum atomic E-state index is 5.97. The van der Waals surface area contributed by atoms with Gasteiger partial charge in [0, 0.05) is 23.1 Å². The molecule has 4 nitrogen and oxygen atoms in total. The van der Waals surface area contributed by atoms with Crippen LogP contribution in [-0.4, -0.2) is 4.98 Å². The molecular formula is C13H15ClN4. The van der Waals surface area contributed by atoms with E-state index in [4.69, 9.17) is 23.2 Å². The number of nitrogens with zero attached hydrogens (tertiary/aromatic N) is 1. The highest BCUT2D eigenvalue weighted by Crippen LogP contribution is 2.22.